The van der Waals surface area contributed by atoms with Crippen molar-refractivity contribution in [3.63, 3.8) is 0 Å². The second-order valence-corrected chi connectivity index (χ2v) is 7.34. The number of rotatable bonds is 4. The average molecular weight is 424 g/mol. The summed E-state index contributed by atoms with van der Waals surface area (Å²) in [6.45, 7) is -0.247. The highest BCUT2D eigenvalue weighted by Gasteiger charge is 2.18. The van der Waals surface area contributed by atoms with Crippen LogP contribution in [-0.4, -0.2) is 13.5 Å². The zero-order chi connectivity index (χ0) is 14.8. The zero-order valence-electron chi connectivity index (χ0n) is 10.2. The van der Waals surface area contributed by atoms with Gasteiger partial charge in [-0.3, -0.25) is 4.72 Å². The van der Waals surface area contributed by atoms with Crippen LogP contribution in [0.3, 0.4) is 0 Å². The number of hydrogen-bond acceptors (Lipinski definition) is 3. The summed E-state index contributed by atoms with van der Waals surface area (Å²) in [5.74, 6) is 0. The minimum Gasteiger partial charge on any atom is -0.392 e. The third-order valence-corrected chi connectivity index (χ3v) is 5.15. The maximum Gasteiger partial charge on any atom is 0.263 e. The molecule has 0 amide bonds. The van der Waals surface area contributed by atoms with Gasteiger partial charge in [0.2, 0.25) is 0 Å². The van der Waals surface area contributed by atoms with Crippen LogP contribution in [-0.2, 0) is 16.6 Å². The highest BCUT2D eigenvalue weighted by atomic mass is 127. The van der Waals surface area contributed by atoms with E-state index in [1.165, 1.54) is 12.1 Å². The monoisotopic (exact) mass is 423 g/mol. The van der Waals surface area contributed by atoms with Gasteiger partial charge in [0.1, 0.15) is 4.90 Å². The van der Waals surface area contributed by atoms with E-state index >= 15 is 0 Å². The number of aliphatic hydroxyl groups is 1. The van der Waals surface area contributed by atoms with Gasteiger partial charge < -0.3 is 5.11 Å². The Morgan fingerprint density at radius 1 is 1.15 bits per heavy atom. The molecule has 2 aromatic carbocycles. The Morgan fingerprint density at radius 2 is 1.80 bits per heavy atom. The molecule has 0 spiro atoms. The van der Waals surface area contributed by atoms with Crippen molar-refractivity contribution in [1.82, 2.24) is 0 Å². The topological polar surface area (TPSA) is 66.4 Å². The summed E-state index contributed by atoms with van der Waals surface area (Å²) in [7, 11) is -3.78. The first-order chi connectivity index (χ1) is 9.42. The fourth-order valence-electron chi connectivity index (χ4n) is 1.58. The van der Waals surface area contributed by atoms with E-state index in [4.69, 9.17) is 16.7 Å². The number of benzene rings is 2. The third-order valence-electron chi connectivity index (χ3n) is 2.56. The van der Waals surface area contributed by atoms with Crippen LogP contribution < -0.4 is 4.72 Å². The summed E-state index contributed by atoms with van der Waals surface area (Å²) in [5.41, 5.74) is 0.938. The van der Waals surface area contributed by atoms with Crippen molar-refractivity contribution in [2.24, 2.45) is 0 Å². The molecule has 0 saturated heterocycles. The first-order valence-electron chi connectivity index (χ1n) is 5.60. The second kappa shape index (κ2) is 6.30. The van der Waals surface area contributed by atoms with E-state index in [9.17, 15) is 8.42 Å². The van der Waals surface area contributed by atoms with Crippen molar-refractivity contribution in [3.8, 4) is 0 Å². The van der Waals surface area contributed by atoms with Crippen molar-refractivity contribution in [1.29, 1.82) is 0 Å². The van der Waals surface area contributed by atoms with Crippen LogP contribution in [0.2, 0.25) is 5.02 Å². The molecule has 0 atom stereocenters. The lowest BCUT2D eigenvalue weighted by Crippen LogP contribution is -2.13. The average Bonchev–Trinajstić information content (AvgIpc) is 2.41. The molecule has 0 fully saturated rings. The van der Waals surface area contributed by atoms with Gasteiger partial charge in [-0.2, -0.15) is 0 Å². The Balaban J connectivity index is 2.37. The molecule has 7 heteroatoms. The molecular formula is C13H11ClINO3S. The predicted molar refractivity (Wildman–Crippen MR) is 87.3 cm³/mol. The van der Waals surface area contributed by atoms with Gasteiger partial charge >= 0.3 is 0 Å². The summed E-state index contributed by atoms with van der Waals surface area (Å²) in [4.78, 5) is -0.0516. The lowest BCUT2D eigenvalue weighted by molar-refractivity contribution is 0.281. The van der Waals surface area contributed by atoms with Crippen LogP contribution in [0.15, 0.2) is 47.4 Å². The van der Waals surface area contributed by atoms with E-state index in [0.717, 1.165) is 3.57 Å². The SMILES string of the molecule is O=S(=O)(Nc1ccc(I)cc1)c1cc(CO)ccc1Cl. The van der Waals surface area contributed by atoms with Gasteiger partial charge in [-0.15, -0.1) is 0 Å². The highest BCUT2D eigenvalue weighted by molar-refractivity contribution is 14.1. The van der Waals surface area contributed by atoms with Crippen LogP contribution in [0, 0.1) is 3.57 Å². The Kier molecular flexibility index (Phi) is 4.90. The van der Waals surface area contributed by atoms with Crippen molar-refractivity contribution in [2.45, 2.75) is 11.5 Å². The number of sulfonamides is 1. The van der Waals surface area contributed by atoms with E-state index in [1.807, 2.05) is 0 Å². The standard InChI is InChI=1S/C13H11ClINO3S/c14-12-6-1-9(8-17)7-13(12)20(18,19)16-11-4-2-10(15)3-5-11/h1-7,16-17H,8H2. The van der Waals surface area contributed by atoms with E-state index in [-0.39, 0.29) is 16.5 Å². The van der Waals surface area contributed by atoms with E-state index < -0.39 is 10.0 Å². The Hall–Kier alpha value is -0.830. The van der Waals surface area contributed by atoms with Crippen molar-refractivity contribution in [2.75, 3.05) is 4.72 Å². The minimum absolute atomic E-state index is 0.0516. The first kappa shape index (κ1) is 15.6. The summed E-state index contributed by atoms with van der Waals surface area (Å²) < 4.78 is 28.1. The number of anilines is 1. The quantitative estimate of drug-likeness (QED) is 0.742. The van der Waals surface area contributed by atoms with E-state index in [1.54, 1.807) is 30.3 Å². The molecule has 2 rings (SSSR count). The number of nitrogens with one attached hydrogen (secondary N) is 1. The fourth-order valence-corrected chi connectivity index (χ4v) is 3.55. The summed E-state index contributed by atoms with van der Waals surface area (Å²) in [6, 6.07) is 11.3. The maximum absolute atomic E-state index is 12.3. The second-order valence-electron chi connectivity index (χ2n) is 4.04. The van der Waals surface area contributed by atoms with Gasteiger partial charge in [0.05, 0.1) is 11.6 Å². The molecule has 0 saturated carbocycles. The maximum atomic E-state index is 12.3. The van der Waals surface area contributed by atoms with Gasteiger partial charge in [0.15, 0.2) is 0 Å². The van der Waals surface area contributed by atoms with Crippen LogP contribution in [0.4, 0.5) is 5.69 Å². The zero-order valence-corrected chi connectivity index (χ0v) is 13.9. The lowest BCUT2D eigenvalue weighted by atomic mass is 10.2. The van der Waals surface area contributed by atoms with Crippen molar-refractivity contribution in [3.05, 3.63) is 56.6 Å². The van der Waals surface area contributed by atoms with E-state index in [0.29, 0.717) is 11.3 Å². The van der Waals surface area contributed by atoms with Crippen molar-refractivity contribution >= 4 is 49.9 Å². The number of aliphatic hydroxyl groups excluding tert-OH is 1. The van der Waals surface area contributed by atoms with Gasteiger partial charge in [-0.25, -0.2) is 8.42 Å². The van der Waals surface area contributed by atoms with Gasteiger partial charge in [0, 0.05) is 9.26 Å². The third kappa shape index (κ3) is 3.63. The Bertz CT molecular complexity index is 717. The molecule has 0 aliphatic carbocycles. The molecule has 2 N–H and O–H groups in total. The molecule has 0 heterocycles. The molecule has 0 radical (unpaired) electrons. The van der Waals surface area contributed by atoms with Crippen LogP contribution in [0.5, 0.6) is 0 Å². The normalized spacial score (nSPS) is 11.3. The molecule has 0 aromatic heterocycles. The molecule has 20 heavy (non-hydrogen) atoms. The largest absolute Gasteiger partial charge is 0.392 e. The number of halogens is 2. The van der Waals surface area contributed by atoms with Gasteiger partial charge in [-0.1, -0.05) is 17.7 Å². The molecule has 0 aliphatic rings. The fraction of sp³-hybridized carbons (Fsp3) is 0.0769. The van der Waals surface area contributed by atoms with Crippen LogP contribution >= 0.6 is 34.2 Å². The molecule has 106 valence electrons. The number of hydrogen-bond donors (Lipinski definition) is 2. The molecule has 0 aliphatic heterocycles. The minimum atomic E-state index is -3.78. The van der Waals surface area contributed by atoms with Crippen LogP contribution in [0.1, 0.15) is 5.56 Å². The lowest BCUT2D eigenvalue weighted by Gasteiger charge is -2.10. The molecule has 0 bridgehead atoms. The van der Waals surface area contributed by atoms with Gasteiger partial charge in [-0.05, 0) is 64.6 Å². The Morgan fingerprint density at radius 3 is 2.40 bits per heavy atom. The van der Waals surface area contributed by atoms with Crippen molar-refractivity contribution < 1.29 is 13.5 Å². The summed E-state index contributed by atoms with van der Waals surface area (Å²) >= 11 is 8.06. The summed E-state index contributed by atoms with van der Waals surface area (Å²) in [5, 5.41) is 9.19. The predicted octanol–water partition coefficient (Wildman–Crippen LogP) is 3.24. The molecular weight excluding hydrogens is 413 g/mol. The van der Waals surface area contributed by atoms with E-state index in [2.05, 4.69) is 27.3 Å². The van der Waals surface area contributed by atoms with Gasteiger partial charge in [0.25, 0.3) is 10.0 Å². The van der Waals surface area contributed by atoms with Crippen LogP contribution in [0.25, 0.3) is 0 Å². The molecule has 2 aromatic rings. The molecule has 0 unspecified atom stereocenters. The molecule has 4 nitrogen and oxygen atoms in total. The first-order valence-corrected chi connectivity index (χ1v) is 8.54. The summed E-state index contributed by atoms with van der Waals surface area (Å²) in [6.07, 6.45) is 0. The smallest absolute Gasteiger partial charge is 0.263 e. The Labute approximate surface area is 136 Å². The highest BCUT2D eigenvalue weighted by Crippen LogP contribution is 2.25.